The number of benzene rings is 1. The summed E-state index contributed by atoms with van der Waals surface area (Å²) in [5.41, 5.74) is 3.71. The quantitative estimate of drug-likeness (QED) is 0.638. The van der Waals surface area contributed by atoms with Gasteiger partial charge in [-0.3, -0.25) is 4.68 Å². The largest absolute Gasteiger partial charge is 0.616 e. The van der Waals surface area contributed by atoms with Crippen LogP contribution in [-0.2, 0) is 39.9 Å². The highest BCUT2D eigenvalue weighted by Gasteiger charge is 2.27. The normalized spacial score (nSPS) is 21.3. The first-order chi connectivity index (χ1) is 14.9. The van der Waals surface area contributed by atoms with Gasteiger partial charge in [0.05, 0.1) is 17.9 Å². The van der Waals surface area contributed by atoms with Crippen LogP contribution in [0.4, 0.5) is 0 Å². The molecule has 2 aromatic rings. The van der Waals surface area contributed by atoms with E-state index in [9.17, 15) is 13.0 Å². The predicted molar refractivity (Wildman–Crippen MR) is 125 cm³/mol. The Kier molecular flexibility index (Phi) is 7.21. The first-order valence-electron chi connectivity index (χ1n) is 11.1. The fraction of sp³-hybridized carbons (Fsp3) is 0.522. The monoisotopic (exact) mass is 461 g/mol. The standard InChI is InChI=1S/C23H31N3O3S2/c1-18(20-10-6-3-7-11-20)25-31(28,29)15-13-22-21-17-30(27)14-12-23(21)26(24-22)16-19-8-4-2-5-9-19/h2,4-5,8-9,13,15,18,20,25H,3,6-7,10-12,14,16-17H2,1H3/b15-13+. The molecule has 2 heterocycles. The molecule has 0 spiro atoms. The molecule has 0 bridgehead atoms. The maximum atomic E-state index is 12.7. The topological polar surface area (TPSA) is 87.0 Å². The molecule has 0 radical (unpaired) electrons. The van der Waals surface area contributed by atoms with Crippen LogP contribution >= 0.6 is 0 Å². The van der Waals surface area contributed by atoms with Gasteiger partial charge in [0.2, 0.25) is 10.0 Å². The fourth-order valence-corrected chi connectivity index (χ4v) is 6.94. The highest BCUT2D eigenvalue weighted by Crippen LogP contribution is 2.28. The van der Waals surface area contributed by atoms with Crippen LogP contribution in [0.5, 0.6) is 0 Å². The molecular weight excluding hydrogens is 430 g/mol. The lowest BCUT2D eigenvalue weighted by molar-refractivity contribution is 0.303. The number of hydrogen-bond acceptors (Lipinski definition) is 4. The summed E-state index contributed by atoms with van der Waals surface area (Å²) in [6.45, 7) is 2.58. The van der Waals surface area contributed by atoms with Gasteiger partial charge in [-0.2, -0.15) is 5.10 Å². The van der Waals surface area contributed by atoms with Crippen molar-refractivity contribution in [1.82, 2.24) is 14.5 Å². The Hall–Kier alpha value is -1.61. The van der Waals surface area contributed by atoms with Crippen LogP contribution in [0.2, 0.25) is 0 Å². The lowest BCUT2D eigenvalue weighted by Crippen LogP contribution is -2.37. The molecule has 0 amide bonds. The molecule has 1 saturated carbocycles. The summed E-state index contributed by atoms with van der Waals surface area (Å²) in [4.78, 5) is 0. The van der Waals surface area contributed by atoms with Crippen LogP contribution in [0.25, 0.3) is 6.08 Å². The van der Waals surface area contributed by atoms with Crippen molar-refractivity contribution in [3.8, 4) is 0 Å². The van der Waals surface area contributed by atoms with Gasteiger partial charge < -0.3 is 4.55 Å². The van der Waals surface area contributed by atoms with Crippen molar-refractivity contribution in [2.45, 2.75) is 63.8 Å². The van der Waals surface area contributed by atoms with Gasteiger partial charge in [0.1, 0.15) is 11.5 Å². The molecule has 1 aromatic heterocycles. The Morgan fingerprint density at radius 3 is 2.74 bits per heavy atom. The summed E-state index contributed by atoms with van der Waals surface area (Å²) in [6, 6.07) is 9.98. The molecule has 168 valence electrons. The van der Waals surface area contributed by atoms with Gasteiger partial charge in [0.25, 0.3) is 0 Å². The second-order valence-corrected chi connectivity index (χ2v) is 11.8. The van der Waals surface area contributed by atoms with Crippen molar-refractivity contribution >= 4 is 27.3 Å². The molecule has 31 heavy (non-hydrogen) atoms. The lowest BCUT2D eigenvalue weighted by atomic mass is 9.85. The zero-order valence-corrected chi connectivity index (χ0v) is 19.6. The van der Waals surface area contributed by atoms with E-state index in [0.29, 0.717) is 36.1 Å². The Morgan fingerprint density at radius 2 is 2.00 bits per heavy atom. The summed E-state index contributed by atoms with van der Waals surface area (Å²) in [5.74, 6) is 1.45. The highest BCUT2D eigenvalue weighted by molar-refractivity contribution is 7.92. The zero-order chi connectivity index (χ0) is 21.8. The molecule has 1 fully saturated rings. The molecule has 2 atom stereocenters. The number of hydrogen-bond donors (Lipinski definition) is 1. The van der Waals surface area contributed by atoms with E-state index >= 15 is 0 Å². The molecule has 2 aliphatic rings. The Morgan fingerprint density at radius 1 is 1.26 bits per heavy atom. The van der Waals surface area contributed by atoms with E-state index in [1.807, 2.05) is 41.9 Å². The summed E-state index contributed by atoms with van der Waals surface area (Å²) in [7, 11) is -3.57. The summed E-state index contributed by atoms with van der Waals surface area (Å²) >= 11 is -0.935. The van der Waals surface area contributed by atoms with E-state index in [4.69, 9.17) is 5.10 Å². The number of nitrogens with one attached hydrogen (secondary N) is 1. The smallest absolute Gasteiger partial charge is 0.234 e. The number of sulfonamides is 1. The van der Waals surface area contributed by atoms with Crippen LogP contribution in [0.15, 0.2) is 35.7 Å². The minimum Gasteiger partial charge on any atom is -0.616 e. The van der Waals surface area contributed by atoms with Crippen LogP contribution < -0.4 is 4.72 Å². The fourth-order valence-electron chi connectivity index (χ4n) is 4.64. The van der Waals surface area contributed by atoms with Crippen molar-refractivity contribution in [2.24, 2.45) is 5.92 Å². The van der Waals surface area contributed by atoms with Crippen LogP contribution in [0.3, 0.4) is 0 Å². The molecule has 1 aliphatic carbocycles. The molecule has 1 aliphatic heterocycles. The van der Waals surface area contributed by atoms with E-state index in [1.54, 1.807) is 6.08 Å². The number of rotatable bonds is 7. The van der Waals surface area contributed by atoms with E-state index in [0.717, 1.165) is 29.7 Å². The highest BCUT2D eigenvalue weighted by atomic mass is 32.2. The SMILES string of the molecule is CC(NS(=O)(=O)/C=C/c1nn(Cc2ccccc2)c2c1C[S+]([O-])CC2)C1CCCCC1. The first-order valence-corrected chi connectivity index (χ1v) is 14.1. The van der Waals surface area contributed by atoms with Gasteiger partial charge in [0.15, 0.2) is 0 Å². The Labute approximate surface area is 188 Å². The summed E-state index contributed by atoms with van der Waals surface area (Å²) < 4.78 is 42.3. The third-order valence-electron chi connectivity index (χ3n) is 6.36. The molecule has 8 heteroatoms. The number of fused-ring (bicyclic) bond motifs is 1. The maximum absolute atomic E-state index is 12.7. The van der Waals surface area contributed by atoms with Crippen molar-refractivity contribution in [3.63, 3.8) is 0 Å². The van der Waals surface area contributed by atoms with Crippen molar-refractivity contribution in [2.75, 3.05) is 5.75 Å². The lowest BCUT2D eigenvalue weighted by Gasteiger charge is -2.27. The van der Waals surface area contributed by atoms with Gasteiger partial charge in [-0.25, -0.2) is 13.1 Å². The van der Waals surface area contributed by atoms with Gasteiger partial charge in [0, 0.05) is 23.4 Å². The first kappa shape index (κ1) is 22.6. The number of aromatic nitrogens is 2. The second kappa shape index (κ2) is 9.90. The molecular formula is C23H31N3O3S2. The van der Waals surface area contributed by atoms with E-state index < -0.39 is 21.2 Å². The zero-order valence-electron chi connectivity index (χ0n) is 18.0. The Balaban J connectivity index is 1.53. The van der Waals surface area contributed by atoms with Gasteiger partial charge in [-0.15, -0.1) is 0 Å². The molecule has 2 unspecified atom stereocenters. The summed E-state index contributed by atoms with van der Waals surface area (Å²) in [6.07, 6.45) is 8.02. The minimum absolute atomic E-state index is 0.0768. The second-order valence-electron chi connectivity index (χ2n) is 8.64. The van der Waals surface area contributed by atoms with E-state index in [-0.39, 0.29) is 6.04 Å². The average Bonchev–Trinajstić information content (AvgIpc) is 3.10. The van der Waals surface area contributed by atoms with Crippen molar-refractivity contribution < 1.29 is 13.0 Å². The number of nitrogens with zero attached hydrogens (tertiary/aromatic N) is 2. The van der Waals surface area contributed by atoms with Gasteiger partial charge in [-0.1, -0.05) is 49.6 Å². The predicted octanol–water partition coefficient (Wildman–Crippen LogP) is 3.60. The summed E-state index contributed by atoms with van der Waals surface area (Å²) in [5, 5.41) is 5.92. The minimum atomic E-state index is -3.57. The molecule has 0 saturated heterocycles. The molecule has 4 rings (SSSR count). The Bertz CT molecular complexity index is 1010. The molecule has 6 nitrogen and oxygen atoms in total. The average molecular weight is 462 g/mol. The van der Waals surface area contributed by atoms with Crippen molar-refractivity contribution in [3.05, 3.63) is 58.3 Å². The maximum Gasteiger partial charge on any atom is 0.234 e. The van der Waals surface area contributed by atoms with E-state index in [1.165, 1.54) is 24.7 Å². The molecule has 1 aromatic carbocycles. The molecule has 1 N–H and O–H groups in total. The van der Waals surface area contributed by atoms with Crippen molar-refractivity contribution in [1.29, 1.82) is 0 Å². The van der Waals surface area contributed by atoms with Crippen LogP contribution in [0, 0.1) is 5.92 Å². The third-order valence-corrected chi connectivity index (χ3v) is 8.82. The third kappa shape index (κ3) is 5.80. The van der Waals surface area contributed by atoms with Gasteiger partial charge >= 0.3 is 0 Å². The van der Waals surface area contributed by atoms with Crippen LogP contribution in [-0.4, -0.2) is 34.5 Å². The van der Waals surface area contributed by atoms with E-state index in [2.05, 4.69) is 4.72 Å². The van der Waals surface area contributed by atoms with Crippen LogP contribution in [0.1, 0.15) is 61.5 Å². The van der Waals surface area contributed by atoms with Gasteiger partial charge in [-0.05, 0) is 48.5 Å².